The summed E-state index contributed by atoms with van der Waals surface area (Å²) in [6.07, 6.45) is 2.85. The zero-order valence-corrected chi connectivity index (χ0v) is 17.2. The predicted octanol–water partition coefficient (Wildman–Crippen LogP) is 4.98. The number of para-hydroxylation sites is 1. The number of carbonyl (C=O) groups is 2. The monoisotopic (exact) mass is 412 g/mol. The van der Waals surface area contributed by atoms with Crippen LogP contribution in [0.5, 0.6) is 5.75 Å². The van der Waals surface area contributed by atoms with Crippen molar-refractivity contribution in [2.75, 3.05) is 10.0 Å². The fourth-order valence-corrected chi connectivity index (χ4v) is 3.97. The molecule has 1 aliphatic heterocycles. The van der Waals surface area contributed by atoms with Crippen molar-refractivity contribution >= 4 is 23.2 Å². The maximum absolute atomic E-state index is 13.3. The fourth-order valence-electron chi connectivity index (χ4n) is 3.97. The summed E-state index contributed by atoms with van der Waals surface area (Å²) in [4.78, 5) is 26.5. The summed E-state index contributed by atoms with van der Waals surface area (Å²) in [6, 6.07) is 26.7. The van der Waals surface area contributed by atoms with E-state index in [0.717, 1.165) is 18.4 Å². The second kappa shape index (κ2) is 8.26. The van der Waals surface area contributed by atoms with Crippen molar-refractivity contribution in [3.05, 3.63) is 90.5 Å². The van der Waals surface area contributed by atoms with Gasteiger partial charge in [0, 0.05) is 0 Å². The van der Waals surface area contributed by atoms with Crippen molar-refractivity contribution in [3.8, 4) is 5.75 Å². The lowest BCUT2D eigenvalue weighted by atomic mass is 10.0. The van der Waals surface area contributed by atoms with Crippen LogP contribution in [0.1, 0.15) is 24.8 Å². The minimum atomic E-state index is -0.610. The summed E-state index contributed by atoms with van der Waals surface area (Å²) >= 11 is 0. The largest absolute Gasteiger partial charge is 0.489 e. The molecule has 0 aromatic heterocycles. The molecule has 1 saturated heterocycles. The Kier molecular flexibility index (Phi) is 5.16. The van der Waals surface area contributed by atoms with E-state index in [4.69, 9.17) is 4.74 Å². The van der Waals surface area contributed by atoms with Crippen LogP contribution in [0.15, 0.2) is 84.9 Å². The van der Waals surface area contributed by atoms with E-state index >= 15 is 0 Å². The molecular formula is C26H24N2O3. The summed E-state index contributed by atoms with van der Waals surface area (Å²) in [7, 11) is 0. The summed E-state index contributed by atoms with van der Waals surface area (Å²) < 4.78 is 5.87. The molecule has 156 valence electrons. The highest BCUT2D eigenvalue weighted by Crippen LogP contribution is 2.40. The molecule has 2 aliphatic rings. The molecule has 5 rings (SSSR count). The average molecular weight is 412 g/mol. The Balaban J connectivity index is 1.39. The second-order valence-electron chi connectivity index (χ2n) is 8.14. The third-order valence-electron chi connectivity index (χ3n) is 5.81. The Labute approximate surface area is 181 Å². The van der Waals surface area contributed by atoms with Crippen LogP contribution >= 0.6 is 0 Å². The van der Waals surface area contributed by atoms with Gasteiger partial charge < -0.3 is 4.74 Å². The number of carbonyl (C=O) groups excluding carboxylic acids is 2. The Morgan fingerprint density at radius 1 is 0.710 bits per heavy atom. The smallest absolute Gasteiger partial charge is 0.258 e. The van der Waals surface area contributed by atoms with Crippen LogP contribution in [-0.4, -0.2) is 11.8 Å². The summed E-state index contributed by atoms with van der Waals surface area (Å²) in [5.74, 6) is 0.295. The number of anilines is 2. The first kappa shape index (κ1) is 19.4. The number of nitrogens with zero attached hydrogens (tertiary/aromatic N) is 2. The normalized spacial score (nSPS) is 18.5. The highest BCUT2D eigenvalue weighted by molar-refractivity contribution is 6.23. The lowest BCUT2D eigenvalue weighted by molar-refractivity contribution is -0.127. The molecule has 0 spiro atoms. The van der Waals surface area contributed by atoms with Gasteiger partial charge in [-0.15, -0.1) is 0 Å². The fraction of sp³-hybridized carbons (Fsp3) is 0.231. The van der Waals surface area contributed by atoms with Crippen LogP contribution in [0.4, 0.5) is 11.4 Å². The molecular weight excluding hydrogens is 388 g/mol. The number of hydrogen-bond donors (Lipinski definition) is 0. The number of amides is 2. The molecule has 31 heavy (non-hydrogen) atoms. The molecule has 5 nitrogen and oxygen atoms in total. The van der Waals surface area contributed by atoms with Gasteiger partial charge in [0.05, 0.1) is 11.4 Å². The van der Waals surface area contributed by atoms with Gasteiger partial charge >= 0.3 is 0 Å². The van der Waals surface area contributed by atoms with Gasteiger partial charge in [-0.2, -0.15) is 0 Å². The summed E-state index contributed by atoms with van der Waals surface area (Å²) in [5.41, 5.74) is 2.45. The molecule has 0 bridgehead atoms. The molecule has 1 aliphatic carbocycles. The first-order chi connectivity index (χ1) is 15.2. The number of rotatable bonds is 7. The van der Waals surface area contributed by atoms with E-state index in [9.17, 15) is 9.59 Å². The van der Waals surface area contributed by atoms with Gasteiger partial charge in [-0.05, 0) is 54.3 Å². The maximum atomic E-state index is 13.3. The van der Waals surface area contributed by atoms with Crippen molar-refractivity contribution in [2.45, 2.75) is 25.9 Å². The van der Waals surface area contributed by atoms with Crippen LogP contribution in [-0.2, 0) is 16.2 Å². The lowest BCUT2D eigenvalue weighted by Crippen LogP contribution is -2.41. The predicted molar refractivity (Wildman–Crippen MR) is 119 cm³/mol. The molecule has 3 aromatic carbocycles. The van der Waals surface area contributed by atoms with Crippen LogP contribution in [0.2, 0.25) is 0 Å². The van der Waals surface area contributed by atoms with Crippen molar-refractivity contribution < 1.29 is 14.3 Å². The number of hydrazine groups is 1. The SMILES string of the molecule is O=C1C(CC2CC2)C(=O)N(c2ccc(OCc3ccccc3)cc2)N1c1ccccc1. The van der Waals surface area contributed by atoms with E-state index in [1.165, 1.54) is 10.0 Å². The zero-order chi connectivity index (χ0) is 21.2. The molecule has 1 unspecified atom stereocenters. The highest BCUT2D eigenvalue weighted by Gasteiger charge is 2.48. The lowest BCUT2D eigenvalue weighted by Gasteiger charge is -2.27. The topological polar surface area (TPSA) is 49.9 Å². The first-order valence-corrected chi connectivity index (χ1v) is 10.7. The molecule has 3 aromatic rings. The second-order valence-corrected chi connectivity index (χ2v) is 8.14. The van der Waals surface area contributed by atoms with Gasteiger partial charge in [0.2, 0.25) is 0 Å². The van der Waals surface area contributed by atoms with E-state index < -0.39 is 5.92 Å². The Morgan fingerprint density at radius 2 is 1.26 bits per heavy atom. The van der Waals surface area contributed by atoms with E-state index in [2.05, 4.69) is 0 Å². The molecule has 1 heterocycles. The third-order valence-corrected chi connectivity index (χ3v) is 5.81. The summed E-state index contributed by atoms with van der Waals surface area (Å²) in [5, 5.41) is 3.04. The van der Waals surface area contributed by atoms with Crippen LogP contribution < -0.4 is 14.8 Å². The Hall–Kier alpha value is -3.60. The number of ether oxygens (including phenoxy) is 1. The Bertz CT molecular complexity index is 1060. The standard InChI is InChI=1S/C26H24N2O3/c29-25-24(17-19-11-12-19)26(30)28(27(25)21-9-5-2-6-10-21)22-13-15-23(16-14-22)31-18-20-7-3-1-4-8-20/h1-10,13-16,19,24H,11-12,17-18H2. The first-order valence-electron chi connectivity index (χ1n) is 10.7. The van der Waals surface area contributed by atoms with Gasteiger partial charge in [-0.1, -0.05) is 61.4 Å². The molecule has 0 N–H and O–H groups in total. The summed E-state index contributed by atoms with van der Waals surface area (Å²) in [6.45, 7) is 0.473. The average Bonchev–Trinajstić information content (AvgIpc) is 3.61. The van der Waals surface area contributed by atoms with Gasteiger partial charge in [-0.25, -0.2) is 10.0 Å². The molecule has 2 fully saturated rings. The van der Waals surface area contributed by atoms with Crippen LogP contribution in [0, 0.1) is 11.8 Å². The van der Waals surface area contributed by atoms with Crippen molar-refractivity contribution in [1.29, 1.82) is 0 Å². The van der Waals surface area contributed by atoms with E-state index in [1.54, 1.807) is 0 Å². The van der Waals surface area contributed by atoms with Gasteiger partial charge in [0.25, 0.3) is 11.8 Å². The van der Waals surface area contributed by atoms with Crippen LogP contribution in [0.25, 0.3) is 0 Å². The molecule has 5 heteroatoms. The van der Waals surface area contributed by atoms with Crippen molar-refractivity contribution in [3.63, 3.8) is 0 Å². The maximum Gasteiger partial charge on any atom is 0.258 e. The van der Waals surface area contributed by atoms with Gasteiger partial charge in [0.15, 0.2) is 0 Å². The van der Waals surface area contributed by atoms with Crippen LogP contribution in [0.3, 0.4) is 0 Å². The number of benzene rings is 3. The van der Waals surface area contributed by atoms with E-state index in [-0.39, 0.29) is 11.8 Å². The molecule has 2 amide bonds. The van der Waals surface area contributed by atoms with Gasteiger partial charge in [0.1, 0.15) is 18.3 Å². The molecule has 1 atom stereocenters. The molecule has 1 saturated carbocycles. The third kappa shape index (κ3) is 4.04. The van der Waals surface area contributed by atoms with E-state index in [1.807, 2.05) is 84.9 Å². The minimum absolute atomic E-state index is 0.146. The minimum Gasteiger partial charge on any atom is -0.489 e. The van der Waals surface area contributed by atoms with Crippen molar-refractivity contribution in [2.24, 2.45) is 11.8 Å². The highest BCUT2D eigenvalue weighted by atomic mass is 16.5. The Morgan fingerprint density at radius 3 is 1.84 bits per heavy atom. The van der Waals surface area contributed by atoms with E-state index in [0.29, 0.717) is 36.1 Å². The zero-order valence-electron chi connectivity index (χ0n) is 17.2. The quantitative estimate of drug-likeness (QED) is 0.515. The number of hydrogen-bond acceptors (Lipinski definition) is 3. The van der Waals surface area contributed by atoms with Crippen molar-refractivity contribution in [1.82, 2.24) is 0 Å². The van der Waals surface area contributed by atoms with Gasteiger partial charge in [-0.3, -0.25) is 9.59 Å². The molecule has 0 radical (unpaired) electrons.